The van der Waals surface area contributed by atoms with Crippen LogP contribution < -0.4 is 0 Å². The fraction of sp³-hybridized carbons (Fsp3) is 0.333. The number of halogens is 4. The van der Waals surface area contributed by atoms with Crippen molar-refractivity contribution in [3.05, 3.63) is 47.8 Å². The highest BCUT2D eigenvalue weighted by Gasteiger charge is 2.36. The van der Waals surface area contributed by atoms with Crippen molar-refractivity contribution < 1.29 is 22.4 Å². The first-order valence-corrected chi connectivity index (χ1v) is 8.04. The van der Waals surface area contributed by atoms with Gasteiger partial charge in [0.15, 0.2) is 0 Å². The van der Waals surface area contributed by atoms with Gasteiger partial charge in [0, 0.05) is 5.41 Å². The molecule has 0 aliphatic heterocycles. The van der Waals surface area contributed by atoms with Crippen LogP contribution in [0.5, 0.6) is 0 Å². The van der Waals surface area contributed by atoms with Gasteiger partial charge in [-0.2, -0.15) is 18.3 Å². The molecular weight excluding hydrogens is 378 g/mol. The number of carbonyl (C=O) groups is 1. The zero-order valence-electron chi connectivity index (χ0n) is 15.1. The molecule has 1 amide bonds. The zero-order valence-corrected chi connectivity index (χ0v) is 15.1. The predicted octanol–water partition coefficient (Wildman–Crippen LogP) is 2.96. The summed E-state index contributed by atoms with van der Waals surface area (Å²) in [6.45, 7) is 3.26. The number of alkyl halides is 3. The van der Waals surface area contributed by atoms with Crippen molar-refractivity contribution in [1.82, 2.24) is 19.8 Å². The second kappa shape index (κ2) is 8.21. The van der Waals surface area contributed by atoms with Crippen molar-refractivity contribution in [3.8, 4) is 12.3 Å². The summed E-state index contributed by atoms with van der Waals surface area (Å²) in [6, 6.07) is 5.34. The molecule has 1 aromatic carbocycles. The predicted molar refractivity (Wildman–Crippen MR) is 93.3 cm³/mol. The molecule has 10 heteroatoms. The minimum absolute atomic E-state index is 0.0327. The standard InChI is InChI=1S/C18H17F4N5O/c1-4-9-26(12-28)24-15(13-5-7-14(19)8-6-13)17(2,3)10-27-11-23-16(25-27)18(20,21)22/h1,5-8,11-12H,9-10H2,2-3H3. The molecule has 0 unspecified atom stereocenters. The summed E-state index contributed by atoms with van der Waals surface area (Å²) in [4.78, 5) is 14.5. The van der Waals surface area contributed by atoms with Crippen LogP contribution >= 0.6 is 0 Å². The zero-order chi connectivity index (χ0) is 20.9. The van der Waals surface area contributed by atoms with E-state index >= 15 is 0 Å². The third-order valence-corrected chi connectivity index (χ3v) is 3.71. The van der Waals surface area contributed by atoms with Gasteiger partial charge in [-0.05, 0) is 17.7 Å². The van der Waals surface area contributed by atoms with Gasteiger partial charge in [-0.15, -0.1) is 11.5 Å². The summed E-state index contributed by atoms with van der Waals surface area (Å²) in [5, 5.41) is 8.66. The third kappa shape index (κ3) is 5.16. The van der Waals surface area contributed by atoms with Crippen LogP contribution in [0.25, 0.3) is 0 Å². The van der Waals surface area contributed by atoms with Gasteiger partial charge in [-0.25, -0.2) is 14.4 Å². The highest BCUT2D eigenvalue weighted by Crippen LogP contribution is 2.28. The van der Waals surface area contributed by atoms with Crippen molar-refractivity contribution in [3.63, 3.8) is 0 Å². The number of benzene rings is 1. The van der Waals surface area contributed by atoms with Gasteiger partial charge < -0.3 is 0 Å². The number of amides is 1. The molecule has 0 fully saturated rings. The fourth-order valence-electron chi connectivity index (χ4n) is 2.49. The van der Waals surface area contributed by atoms with Gasteiger partial charge in [0.2, 0.25) is 6.41 Å². The molecule has 0 spiro atoms. The average molecular weight is 395 g/mol. The Kier molecular flexibility index (Phi) is 6.18. The molecule has 0 bridgehead atoms. The molecular formula is C18H17F4N5O. The summed E-state index contributed by atoms with van der Waals surface area (Å²) >= 11 is 0. The minimum atomic E-state index is -4.66. The molecule has 0 N–H and O–H groups in total. The van der Waals surface area contributed by atoms with E-state index in [1.807, 2.05) is 0 Å². The van der Waals surface area contributed by atoms with Gasteiger partial charge in [-0.3, -0.25) is 9.48 Å². The Hall–Kier alpha value is -3.22. The summed E-state index contributed by atoms with van der Waals surface area (Å²) in [7, 11) is 0. The first kappa shape index (κ1) is 21.1. The number of rotatable bonds is 7. The molecule has 6 nitrogen and oxygen atoms in total. The molecule has 0 saturated carbocycles. The van der Waals surface area contributed by atoms with Gasteiger partial charge in [-0.1, -0.05) is 31.9 Å². The van der Waals surface area contributed by atoms with Crippen LogP contribution in [-0.4, -0.2) is 38.4 Å². The molecule has 2 aromatic rings. The maximum atomic E-state index is 13.3. The number of terminal acetylenes is 1. The largest absolute Gasteiger partial charge is 0.453 e. The van der Waals surface area contributed by atoms with E-state index in [0.29, 0.717) is 17.7 Å². The van der Waals surface area contributed by atoms with Crippen LogP contribution in [-0.2, 0) is 17.5 Å². The van der Waals surface area contributed by atoms with E-state index in [0.717, 1.165) is 16.0 Å². The number of aromatic nitrogens is 3. The molecule has 148 valence electrons. The van der Waals surface area contributed by atoms with E-state index in [1.165, 1.54) is 24.3 Å². The summed E-state index contributed by atoms with van der Waals surface area (Å²) in [6.07, 6.45) is 1.95. The first-order valence-electron chi connectivity index (χ1n) is 8.04. The lowest BCUT2D eigenvalue weighted by Gasteiger charge is -2.28. The second-order valence-electron chi connectivity index (χ2n) is 6.51. The van der Waals surface area contributed by atoms with Gasteiger partial charge in [0.1, 0.15) is 18.7 Å². The Morgan fingerprint density at radius 2 is 1.96 bits per heavy atom. The number of carbonyl (C=O) groups excluding carboxylic acids is 1. The molecule has 0 aliphatic carbocycles. The first-order chi connectivity index (χ1) is 13.1. The molecule has 1 aromatic heterocycles. The monoisotopic (exact) mass is 395 g/mol. The quantitative estimate of drug-likeness (QED) is 0.238. The maximum absolute atomic E-state index is 13.3. The van der Waals surface area contributed by atoms with Crippen LogP contribution in [0.4, 0.5) is 17.6 Å². The van der Waals surface area contributed by atoms with Gasteiger partial charge in [0.25, 0.3) is 5.82 Å². The van der Waals surface area contributed by atoms with E-state index < -0.39 is 23.2 Å². The van der Waals surface area contributed by atoms with E-state index in [1.54, 1.807) is 13.8 Å². The molecule has 0 saturated heterocycles. The van der Waals surface area contributed by atoms with Crippen LogP contribution in [0.3, 0.4) is 0 Å². The van der Waals surface area contributed by atoms with Crippen molar-refractivity contribution in [1.29, 1.82) is 0 Å². The molecule has 0 radical (unpaired) electrons. The Bertz CT molecular complexity index is 894. The topological polar surface area (TPSA) is 63.4 Å². The molecule has 0 atom stereocenters. The smallest absolute Gasteiger partial charge is 0.277 e. The van der Waals surface area contributed by atoms with E-state index in [2.05, 4.69) is 21.1 Å². The Balaban J connectivity index is 2.44. The molecule has 2 rings (SSSR count). The highest BCUT2D eigenvalue weighted by atomic mass is 19.4. The maximum Gasteiger partial charge on any atom is 0.453 e. The van der Waals surface area contributed by atoms with Crippen LogP contribution in [0.1, 0.15) is 25.2 Å². The van der Waals surface area contributed by atoms with E-state index in [9.17, 15) is 22.4 Å². The van der Waals surface area contributed by atoms with Gasteiger partial charge >= 0.3 is 6.18 Å². The minimum Gasteiger partial charge on any atom is -0.277 e. The Morgan fingerprint density at radius 1 is 1.32 bits per heavy atom. The average Bonchev–Trinajstić information content (AvgIpc) is 3.07. The fourth-order valence-corrected chi connectivity index (χ4v) is 2.49. The SMILES string of the molecule is C#CCN(C=O)N=C(c1ccc(F)cc1)C(C)(C)Cn1cnc(C(F)(F)F)n1. The van der Waals surface area contributed by atoms with E-state index in [4.69, 9.17) is 6.42 Å². The third-order valence-electron chi connectivity index (χ3n) is 3.71. The van der Waals surface area contributed by atoms with Crippen molar-refractivity contribution in [2.75, 3.05) is 6.54 Å². The van der Waals surface area contributed by atoms with Crippen LogP contribution in [0.15, 0.2) is 35.7 Å². The lowest BCUT2D eigenvalue weighted by atomic mass is 9.83. The van der Waals surface area contributed by atoms with Crippen LogP contribution in [0.2, 0.25) is 0 Å². The normalized spacial score (nSPS) is 12.5. The summed E-state index contributed by atoms with van der Waals surface area (Å²) in [5.41, 5.74) is -0.116. The molecule has 1 heterocycles. The summed E-state index contributed by atoms with van der Waals surface area (Å²) in [5.74, 6) is 0.552. The number of hydrazone groups is 1. The lowest BCUT2D eigenvalue weighted by Crippen LogP contribution is -2.33. The second-order valence-corrected chi connectivity index (χ2v) is 6.51. The van der Waals surface area contributed by atoms with Crippen molar-refractivity contribution in [2.24, 2.45) is 10.5 Å². The van der Waals surface area contributed by atoms with E-state index in [-0.39, 0.29) is 13.1 Å². The Labute approximate surface area is 158 Å². The highest BCUT2D eigenvalue weighted by molar-refractivity contribution is 6.04. The van der Waals surface area contributed by atoms with Crippen molar-refractivity contribution >= 4 is 12.1 Å². The van der Waals surface area contributed by atoms with Crippen LogP contribution in [0, 0.1) is 23.6 Å². The summed E-state index contributed by atoms with van der Waals surface area (Å²) < 4.78 is 52.5. The number of hydrogen-bond donors (Lipinski definition) is 0. The Morgan fingerprint density at radius 3 is 2.46 bits per heavy atom. The molecule has 0 aliphatic rings. The van der Waals surface area contributed by atoms with Crippen molar-refractivity contribution in [2.45, 2.75) is 26.6 Å². The van der Waals surface area contributed by atoms with Gasteiger partial charge in [0.05, 0.1) is 12.3 Å². The molecule has 28 heavy (non-hydrogen) atoms. The number of nitrogens with zero attached hydrogens (tertiary/aromatic N) is 5. The lowest BCUT2D eigenvalue weighted by molar-refractivity contribution is -0.145. The number of hydrogen-bond acceptors (Lipinski definition) is 4.